The Kier molecular flexibility index (Phi) is 9.99. The van der Waals surface area contributed by atoms with E-state index < -0.39 is 48.4 Å². The van der Waals surface area contributed by atoms with Crippen molar-refractivity contribution in [3.63, 3.8) is 0 Å². The third-order valence-electron chi connectivity index (χ3n) is 3.73. The number of carboxylic acids is 1. The van der Waals surface area contributed by atoms with Crippen molar-refractivity contribution in [2.45, 2.75) is 24.5 Å². The molecule has 0 saturated carbocycles. The van der Waals surface area contributed by atoms with Crippen LogP contribution in [0.5, 0.6) is 0 Å². The number of carbonyl (C=O) groups excluding carboxylic acids is 3. The maximum absolute atomic E-state index is 12.4. The van der Waals surface area contributed by atoms with E-state index in [9.17, 15) is 29.4 Å². The molecule has 0 aromatic heterocycles. The number of benzene rings is 1. The van der Waals surface area contributed by atoms with Crippen LogP contribution in [-0.2, 0) is 25.6 Å². The Morgan fingerprint density at radius 3 is 2.04 bits per heavy atom. The van der Waals surface area contributed by atoms with Crippen LogP contribution in [0.4, 0.5) is 0 Å². The maximum atomic E-state index is 12.4. The van der Waals surface area contributed by atoms with Crippen LogP contribution in [0.1, 0.15) is 5.56 Å². The quantitative estimate of drug-likeness (QED) is 0.199. The molecule has 154 valence electrons. The number of carboxylic acid groups (broad SMARTS) is 1. The molecular weight excluding hydrogens is 388 g/mol. The summed E-state index contributed by atoms with van der Waals surface area (Å²) in [5.74, 6) is -3.60. The summed E-state index contributed by atoms with van der Waals surface area (Å²) in [6.07, 6.45) is 0.0565. The molecule has 0 spiro atoms. The van der Waals surface area contributed by atoms with E-state index >= 15 is 0 Å². The molecule has 11 heteroatoms. The minimum Gasteiger partial charge on any atom is -0.480 e. The average molecular weight is 412 g/mol. The highest BCUT2D eigenvalue weighted by atomic mass is 32.1. The minimum absolute atomic E-state index is 0.0565. The molecule has 0 aliphatic carbocycles. The van der Waals surface area contributed by atoms with Gasteiger partial charge in [-0.3, -0.25) is 14.4 Å². The van der Waals surface area contributed by atoms with Gasteiger partial charge >= 0.3 is 5.97 Å². The summed E-state index contributed by atoms with van der Waals surface area (Å²) < 4.78 is 0. The van der Waals surface area contributed by atoms with E-state index in [1.165, 1.54) is 0 Å². The van der Waals surface area contributed by atoms with Gasteiger partial charge in [-0.25, -0.2) is 4.79 Å². The second-order valence-electron chi connectivity index (χ2n) is 5.84. The van der Waals surface area contributed by atoms with Crippen molar-refractivity contribution in [1.29, 1.82) is 0 Å². The number of hydrogen-bond acceptors (Lipinski definition) is 7. The molecule has 3 atom stereocenters. The number of aliphatic hydroxyl groups excluding tert-OH is 1. The fourth-order valence-electron chi connectivity index (χ4n) is 2.24. The Morgan fingerprint density at radius 2 is 1.54 bits per heavy atom. The van der Waals surface area contributed by atoms with E-state index in [0.717, 1.165) is 0 Å². The van der Waals surface area contributed by atoms with Gasteiger partial charge in [-0.2, -0.15) is 12.6 Å². The van der Waals surface area contributed by atoms with Gasteiger partial charge in [0.25, 0.3) is 0 Å². The lowest BCUT2D eigenvalue weighted by Gasteiger charge is -2.22. The third kappa shape index (κ3) is 7.55. The van der Waals surface area contributed by atoms with E-state index in [4.69, 9.17) is 5.73 Å². The average Bonchev–Trinajstić information content (AvgIpc) is 2.69. The Labute approximate surface area is 167 Å². The number of nitrogens with two attached hydrogens (primary N) is 1. The summed E-state index contributed by atoms with van der Waals surface area (Å²) in [5, 5.41) is 25.5. The van der Waals surface area contributed by atoms with Gasteiger partial charge in [-0.05, 0) is 5.56 Å². The van der Waals surface area contributed by atoms with Gasteiger partial charge in [0.05, 0.1) is 13.2 Å². The predicted molar refractivity (Wildman–Crippen MR) is 104 cm³/mol. The first kappa shape index (κ1) is 23.4. The summed E-state index contributed by atoms with van der Waals surface area (Å²) in [6, 6.07) is 5.06. The fraction of sp³-hybridized carbons (Fsp3) is 0.412. The Morgan fingerprint density at radius 1 is 0.964 bits per heavy atom. The number of thiol groups is 1. The summed E-state index contributed by atoms with van der Waals surface area (Å²) in [4.78, 5) is 47.3. The SMILES string of the molecule is NCC(=O)NC(CO)C(=O)NC(CS)C(=O)NC(Cc1ccccc1)C(=O)O. The van der Waals surface area contributed by atoms with Crippen molar-refractivity contribution in [2.75, 3.05) is 18.9 Å². The van der Waals surface area contributed by atoms with E-state index in [-0.39, 0.29) is 18.7 Å². The molecule has 0 heterocycles. The molecule has 0 fully saturated rings. The number of hydrogen-bond donors (Lipinski definition) is 7. The van der Waals surface area contributed by atoms with E-state index in [2.05, 4.69) is 28.6 Å². The molecule has 1 aromatic carbocycles. The molecular formula is C17H24N4O6S. The van der Waals surface area contributed by atoms with E-state index in [1.807, 2.05) is 0 Å². The van der Waals surface area contributed by atoms with Crippen LogP contribution in [0.3, 0.4) is 0 Å². The Hall–Kier alpha value is -2.63. The van der Waals surface area contributed by atoms with Crippen molar-refractivity contribution in [3.8, 4) is 0 Å². The van der Waals surface area contributed by atoms with Gasteiger partial charge in [-0.1, -0.05) is 30.3 Å². The Bertz CT molecular complexity index is 687. The van der Waals surface area contributed by atoms with Crippen LogP contribution >= 0.6 is 12.6 Å². The minimum atomic E-state index is -1.30. The van der Waals surface area contributed by atoms with Crippen molar-refractivity contribution in [1.82, 2.24) is 16.0 Å². The molecule has 0 aliphatic rings. The van der Waals surface area contributed by atoms with Crippen molar-refractivity contribution in [2.24, 2.45) is 5.73 Å². The van der Waals surface area contributed by atoms with Gasteiger partial charge in [-0.15, -0.1) is 0 Å². The predicted octanol–water partition coefficient (Wildman–Crippen LogP) is -2.35. The lowest BCUT2D eigenvalue weighted by Crippen LogP contribution is -2.57. The smallest absolute Gasteiger partial charge is 0.326 e. The molecule has 0 saturated heterocycles. The van der Waals surface area contributed by atoms with Gasteiger partial charge in [0, 0.05) is 12.2 Å². The monoisotopic (exact) mass is 412 g/mol. The van der Waals surface area contributed by atoms with Crippen LogP contribution in [0, 0.1) is 0 Å². The normalized spacial score (nSPS) is 13.7. The number of rotatable bonds is 11. The second kappa shape index (κ2) is 12.0. The van der Waals surface area contributed by atoms with Gasteiger partial charge in [0.15, 0.2) is 0 Å². The van der Waals surface area contributed by atoms with Gasteiger partial charge < -0.3 is 31.9 Å². The van der Waals surface area contributed by atoms with Crippen LogP contribution in [0.25, 0.3) is 0 Å². The zero-order chi connectivity index (χ0) is 21.1. The number of aliphatic hydroxyl groups is 1. The van der Waals surface area contributed by atoms with Crippen molar-refractivity contribution in [3.05, 3.63) is 35.9 Å². The fourth-order valence-corrected chi connectivity index (χ4v) is 2.49. The number of nitrogens with one attached hydrogen (secondary N) is 3. The summed E-state index contributed by atoms with van der Waals surface area (Å²) in [7, 11) is 0. The second-order valence-corrected chi connectivity index (χ2v) is 6.20. The zero-order valence-electron chi connectivity index (χ0n) is 15.0. The lowest BCUT2D eigenvalue weighted by atomic mass is 10.1. The summed E-state index contributed by atoms with van der Waals surface area (Å²) >= 11 is 4.00. The molecule has 0 radical (unpaired) electrons. The molecule has 28 heavy (non-hydrogen) atoms. The molecule has 3 unspecified atom stereocenters. The van der Waals surface area contributed by atoms with E-state index in [1.54, 1.807) is 30.3 Å². The molecule has 1 rings (SSSR count). The third-order valence-corrected chi connectivity index (χ3v) is 4.10. The molecule has 0 aliphatic heterocycles. The topological polar surface area (TPSA) is 171 Å². The first-order valence-electron chi connectivity index (χ1n) is 8.41. The highest BCUT2D eigenvalue weighted by Crippen LogP contribution is 2.04. The van der Waals surface area contributed by atoms with Crippen LogP contribution in [0.15, 0.2) is 30.3 Å². The maximum Gasteiger partial charge on any atom is 0.326 e. The van der Waals surface area contributed by atoms with Gasteiger partial charge in [0.2, 0.25) is 17.7 Å². The van der Waals surface area contributed by atoms with Crippen LogP contribution < -0.4 is 21.7 Å². The number of carbonyl (C=O) groups is 4. The lowest BCUT2D eigenvalue weighted by molar-refractivity contribution is -0.142. The molecule has 0 bridgehead atoms. The van der Waals surface area contributed by atoms with Crippen LogP contribution in [0.2, 0.25) is 0 Å². The molecule has 7 N–H and O–H groups in total. The van der Waals surface area contributed by atoms with Crippen molar-refractivity contribution < 1.29 is 29.4 Å². The molecule has 10 nitrogen and oxygen atoms in total. The first-order valence-corrected chi connectivity index (χ1v) is 9.04. The molecule has 1 aromatic rings. The van der Waals surface area contributed by atoms with Crippen LogP contribution in [-0.4, -0.2) is 70.9 Å². The Balaban J connectivity index is 2.75. The number of amides is 3. The van der Waals surface area contributed by atoms with Gasteiger partial charge in [0.1, 0.15) is 18.1 Å². The van der Waals surface area contributed by atoms with E-state index in [0.29, 0.717) is 5.56 Å². The zero-order valence-corrected chi connectivity index (χ0v) is 15.9. The highest BCUT2D eigenvalue weighted by Gasteiger charge is 2.28. The molecule has 3 amide bonds. The highest BCUT2D eigenvalue weighted by molar-refractivity contribution is 7.80. The summed E-state index contributed by atoms with van der Waals surface area (Å²) in [6.45, 7) is -1.08. The standard InChI is InChI=1S/C17H24N4O6S/c18-7-14(23)19-12(8-22)15(24)21-13(9-28)16(25)20-11(17(26)27)6-10-4-2-1-3-5-10/h1-5,11-13,22,28H,6-9,18H2,(H,19,23)(H,20,25)(H,21,24)(H,26,27). The number of aliphatic carboxylic acids is 1. The first-order chi connectivity index (χ1) is 13.3. The van der Waals surface area contributed by atoms with Crippen molar-refractivity contribution >= 4 is 36.3 Å². The summed E-state index contributed by atoms with van der Waals surface area (Å²) in [5.41, 5.74) is 5.85. The largest absolute Gasteiger partial charge is 0.480 e.